The number of halogens is 1. The highest BCUT2D eigenvalue weighted by Gasteiger charge is 2.39. The zero-order valence-corrected chi connectivity index (χ0v) is 11.1. The number of rotatable bonds is 3. The molecule has 1 fully saturated rings. The average molecular weight is 249 g/mol. The number of hydrogen-bond donors (Lipinski definition) is 0. The minimum Gasteiger partial charge on any atom is -0.359 e. The van der Waals surface area contributed by atoms with E-state index in [0.717, 1.165) is 31.5 Å². The molecular weight excluding hydrogens is 229 g/mol. The molecule has 1 atom stereocenters. The van der Waals surface area contributed by atoms with Crippen LogP contribution < -0.4 is 4.90 Å². The number of ketones is 1. The van der Waals surface area contributed by atoms with Crippen molar-refractivity contribution in [2.45, 2.75) is 45.1 Å². The molecule has 0 N–H and O–H groups in total. The van der Waals surface area contributed by atoms with Gasteiger partial charge in [-0.3, -0.25) is 4.79 Å². The Bertz CT molecular complexity index is 429. The summed E-state index contributed by atoms with van der Waals surface area (Å²) in [5.41, 5.74) is 0.519. The lowest BCUT2D eigenvalue weighted by Crippen LogP contribution is -2.55. The van der Waals surface area contributed by atoms with E-state index in [0.29, 0.717) is 6.42 Å². The van der Waals surface area contributed by atoms with Gasteiger partial charge >= 0.3 is 0 Å². The van der Waals surface area contributed by atoms with E-state index in [2.05, 4.69) is 4.90 Å². The normalized spacial score (nSPS) is 24.1. The number of nitrogens with zero attached hydrogens (tertiary/aromatic N) is 1. The van der Waals surface area contributed by atoms with Crippen LogP contribution in [0, 0.1) is 5.82 Å². The largest absolute Gasteiger partial charge is 0.359 e. The number of piperidine rings is 1. The van der Waals surface area contributed by atoms with Gasteiger partial charge in [-0.1, -0.05) is 6.92 Å². The van der Waals surface area contributed by atoms with Crippen LogP contribution in [-0.4, -0.2) is 17.9 Å². The number of anilines is 1. The maximum atomic E-state index is 13.0. The molecule has 1 aliphatic rings. The molecule has 1 aromatic carbocycles. The van der Waals surface area contributed by atoms with E-state index in [1.54, 1.807) is 12.1 Å². The topological polar surface area (TPSA) is 20.3 Å². The van der Waals surface area contributed by atoms with Crippen molar-refractivity contribution in [3.05, 3.63) is 30.1 Å². The molecule has 0 saturated carbocycles. The third-order valence-electron chi connectivity index (χ3n) is 3.95. The Morgan fingerprint density at radius 2 is 2.00 bits per heavy atom. The van der Waals surface area contributed by atoms with Gasteiger partial charge in [0.15, 0.2) is 5.78 Å². The van der Waals surface area contributed by atoms with Crippen LogP contribution in [-0.2, 0) is 4.79 Å². The predicted octanol–water partition coefficient (Wildman–Crippen LogP) is 3.55. The number of carbonyl (C=O) groups excluding carboxylic acids is 1. The summed E-state index contributed by atoms with van der Waals surface area (Å²) in [6.45, 7) is 4.79. The van der Waals surface area contributed by atoms with Crippen molar-refractivity contribution in [3.63, 3.8) is 0 Å². The van der Waals surface area contributed by atoms with Crippen molar-refractivity contribution in [1.29, 1.82) is 0 Å². The van der Waals surface area contributed by atoms with Crippen LogP contribution in [0.2, 0.25) is 0 Å². The molecule has 18 heavy (non-hydrogen) atoms. The molecule has 3 heteroatoms. The van der Waals surface area contributed by atoms with Gasteiger partial charge in [0, 0.05) is 18.7 Å². The highest BCUT2D eigenvalue weighted by Crippen LogP contribution is 2.34. The zero-order chi connectivity index (χ0) is 13.2. The van der Waals surface area contributed by atoms with Crippen molar-refractivity contribution in [3.8, 4) is 0 Å². The highest BCUT2D eigenvalue weighted by molar-refractivity contribution is 5.91. The molecule has 1 saturated heterocycles. The van der Waals surface area contributed by atoms with Crippen molar-refractivity contribution in [2.24, 2.45) is 0 Å². The van der Waals surface area contributed by atoms with Gasteiger partial charge in [0.05, 0.1) is 5.54 Å². The Kier molecular flexibility index (Phi) is 3.69. The summed E-state index contributed by atoms with van der Waals surface area (Å²) in [4.78, 5) is 14.4. The number of Topliss-reactive ketones (excluding diaryl/α,β-unsaturated/α-hetero) is 1. The maximum Gasteiger partial charge on any atom is 0.157 e. The van der Waals surface area contributed by atoms with Crippen LogP contribution in [0.1, 0.15) is 39.5 Å². The Balaban J connectivity index is 2.33. The monoisotopic (exact) mass is 249 g/mol. The molecule has 0 amide bonds. The minimum absolute atomic E-state index is 0.237. The SMILES string of the molecule is CCC(=O)C1(C)CCCCN1c1ccc(F)cc1. The molecule has 0 aliphatic carbocycles. The van der Waals surface area contributed by atoms with Crippen molar-refractivity contribution in [2.75, 3.05) is 11.4 Å². The van der Waals surface area contributed by atoms with Crippen LogP contribution >= 0.6 is 0 Å². The maximum absolute atomic E-state index is 13.0. The van der Waals surface area contributed by atoms with Gasteiger partial charge in [-0.05, 0) is 50.5 Å². The van der Waals surface area contributed by atoms with Gasteiger partial charge in [-0.25, -0.2) is 4.39 Å². The molecule has 2 nitrogen and oxygen atoms in total. The first-order valence-electron chi connectivity index (χ1n) is 6.64. The number of carbonyl (C=O) groups is 1. The van der Waals surface area contributed by atoms with Gasteiger partial charge in [-0.15, -0.1) is 0 Å². The van der Waals surface area contributed by atoms with Gasteiger partial charge in [-0.2, -0.15) is 0 Å². The molecule has 0 aromatic heterocycles. The zero-order valence-electron chi connectivity index (χ0n) is 11.1. The summed E-state index contributed by atoms with van der Waals surface area (Å²) in [7, 11) is 0. The van der Waals surface area contributed by atoms with Gasteiger partial charge < -0.3 is 4.90 Å². The van der Waals surface area contributed by atoms with Crippen LogP contribution in [0.25, 0.3) is 0 Å². The lowest BCUT2D eigenvalue weighted by Gasteiger charge is -2.45. The first-order valence-corrected chi connectivity index (χ1v) is 6.64. The second-order valence-electron chi connectivity index (χ2n) is 5.14. The molecule has 98 valence electrons. The molecule has 0 bridgehead atoms. The predicted molar refractivity (Wildman–Crippen MR) is 71.3 cm³/mol. The van der Waals surface area contributed by atoms with Crippen LogP contribution in [0.4, 0.5) is 10.1 Å². The third kappa shape index (κ3) is 2.26. The molecule has 1 aliphatic heterocycles. The fourth-order valence-corrected chi connectivity index (χ4v) is 2.83. The fraction of sp³-hybridized carbons (Fsp3) is 0.533. The number of benzene rings is 1. The van der Waals surface area contributed by atoms with Gasteiger partial charge in [0.2, 0.25) is 0 Å². The lowest BCUT2D eigenvalue weighted by molar-refractivity contribution is -0.124. The van der Waals surface area contributed by atoms with Gasteiger partial charge in [0.25, 0.3) is 0 Å². The third-order valence-corrected chi connectivity index (χ3v) is 3.95. The van der Waals surface area contributed by atoms with E-state index in [-0.39, 0.29) is 11.6 Å². The lowest BCUT2D eigenvalue weighted by atomic mass is 9.83. The first-order chi connectivity index (χ1) is 8.58. The van der Waals surface area contributed by atoms with Crippen LogP contribution in [0.5, 0.6) is 0 Å². The molecule has 1 heterocycles. The summed E-state index contributed by atoms with van der Waals surface area (Å²) < 4.78 is 13.0. The Morgan fingerprint density at radius 3 is 2.61 bits per heavy atom. The molecule has 0 spiro atoms. The van der Waals surface area contributed by atoms with Crippen molar-refractivity contribution >= 4 is 11.5 Å². The van der Waals surface area contributed by atoms with E-state index >= 15 is 0 Å². The Morgan fingerprint density at radius 1 is 1.33 bits per heavy atom. The second-order valence-corrected chi connectivity index (χ2v) is 5.14. The molecule has 1 aromatic rings. The van der Waals surface area contributed by atoms with Gasteiger partial charge in [0.1, 0.15) is 5.82 Å². The quantitative estimate of drug-likeness (QED) is 0.816. The van der Waals surface area contributed by atoms with Crippen LogP contribution in [0.3, 0.4) is 0 Å². The second kappa shape index (κ2) is 5.09. The summed E-state index contributed by atoms with van der Waals surface area (Å²) in [6.07, 6.45) is 3.61. The molecule has 2 rings (SSSR count). The fourth-order valence-electron chi connectivity index (χ4n) is 2.83. The first kappa shape index (κ1) is 13.1. The summed E-state index contributed by atoms with van der Waals surface area (Å²) in [5, 5.41) is 0. The van der Waals surface area contributed by atoms with Crippen molar-refractivity contribution in [1.82, 2.24) is 0 Å². The minimum atomic E-state index is -0.426. The Labute approximate surface area is 108 Å². The summed E-state index contributed by atoms with van der Waals surface area (Å²) in [6, 6.07) is 6.45. The smallest absolute Gasteiger partial charge is 0.157 e. The highest BCUT2D eigenvalue weighted by atomic mass is 19.1. The average Bonchev–Trinajstić information content (AvgIpc) is 2.39. The summed E-state index contributed by atoms with van der Waals surface area (Å²) in [5.74, 6) is 0.0332. The van der Waals surface area contributed by atoms with Crippen LogP contribution in [0.15, 0.2) is 24.3 Å². The van der Waals surface area contributed by atoms with E-state index in [1.807, 2.05) is 13.8 Å². The van der Waals surface area contributed by atoms with E-state index in [4.69, 9.17) is 0 Å². The molecule has 1 unspecified atom stereocenters. The summed E-state index contributed by atoms with van der Waals surface area (Å²) >= 11 is 0. The van der Waals surface area contributed by atoms with E-state index < -0.39 is 5.54 Å². The standard InChI is InChI=1S/C15H20FNO/c1-3-14(18)15(2)10-4-5-11-17(15)13-8-6-12(16)7-9-13/h6-9H,3-5,10-11H2,1-2H3. The van der Waals surface area contributed by atoms with Crippen molar-refractivity contribution < 1.29 is 9.18 Å². The molecule has 0 radical (unpaired) electrons. The number of hydrogen-bond acceptors (Lipinski definition) is 2. The van der Waals surface area contributed by atoms with E-state index in [1.165, 1.54) is 12.1 Å². The molecular formula is C15H20FNO. The van der Waals surface area contributed by atoms with E-state index in [9.17, 15) is 9.18 Å². The Hall–Kier alpha value is -1.38.